The third-order valence-corrected chi connectivity index (χ3v) is 5.76. The van der Waals surface area contributed by atoms with E-state index in [9.17, 15) is 4.79 Å². The summed E-state index contributed by atoms with van der Waals surface area (Å²) in [6, 6.07) is 12.8. The quantitative estimate of drug-likeness (QED) is 0.499. The molecule has 0 saturated carbocycles. The Balaban J connectivity index is 1.76. The van der Waals surface area contributed by atoms with Gasteiger partial charge in [0.2, 0.25) is 5.91 Å². The number of aromatic nitrogens is 3. The predicted octanol–water partition coefficient (Wildman–Crippen LogP) is 4.11. The van der Waals surface area contributed by atoms with Crippen molar-refractivity contribution in [2.45, 2.75) is 30.8 Å². The van der Waals surface area contributed by atoms with Crippen LogP contribution in [0.4, 0.5) is 5.69 Å². The molecule has 1 amide bonds. The molecule has 9 heteroatoms. The summed E-state index contributed by atoms with van der Waals surface area (Å²) in [7, 11) is 4.79. The molecule has 3 rings (SSSR count). The lowest BCUT2D eigenvalue weighted by Crippen LogP contribution is -2.22. The van der Waals surface area contributed by atoms with Crippen LogP contribution >= 0.6 is 11.8 Å². The number of carbonyl (C=O) groups excluding carboxylic acids is 1. The van der Waals surface area contributed by atoms with Gasteiger partial charge in [0, 0.05) is 17.8 Å². The highest BCUT2D eigenvalue weighted by molar-refractivity contribution is 8.00. The average Bonchev–Trinajstić information content (AvgIpc) is 3.21. The van der Waals surface area contributed by atoms with E-state index in [1.165, 1.54) is 11.8 Å². The second-order valence-electron chi connectivity index (χ2n) is 6.60. The van der Waals surface area contributed by atoms with Crippen molar-refractivity contribution < 1.29 is 19.0 Å². The fourth-order valence-electron chi connectivity index (χ4n) is 2.98. The molecule has 0 bridgehead atoms. The highest BCUT2D eigenvalue weighted by Gasteiger charge is 2.21. The molecular formula is C22H26N4O4S. The van der Waals surface area contributed by atoms with Gasteiger partial charge in [-0.3, -0.25) is 4.79 Å². The largest absolute Gasteiger partial charge is 0.497 e. The zero-order chi connectivity index (χ0) is 22.4. The third kappa shape index (κ3) is 5.11. The van der Waals surface area contributed by atoms with E-state index in [-0.39, 0.29) is 11.2 Å². The van der Waals surface area contributed by atoms with Crippen molar-refractivity contribution >= 4 is 23.4 Å². The van der Waals surface area contributed by atoms with Gasteiger partial charge in [-0.15, -0.1) is 10.2 Å². The predicted molar refractivity (Wildman–Crippen MR) is 121 cm³/mol. The monoisotopic (exact) mass is 442 g/mol. The molecule has 1 N–H and O–H groups in total. The molecule has 1 atom stereocenters. The van der Waals surface area contributed by atoms with Gasteiger partial charge in [-0.05, 0) is 56.3 Å². The first-order valence-electron chi connectivity index (χ1n) is 9.77. The maximum absolute atomic E-state index is 12.7. The van der Waals surface area contributed by atoms with Crippen molar-refractivity contribution in [3.8, 4) is 28.6 Å². The van der Waals surface area contributed by atoms with E-state index < -0.39 is 0 Å². The maximum Gasteiger partial charge on any atom is 0.237 e. The molecule has 0 aliphatic carbocycles. The molecule has 0 fully saturated rings. The van der Waals surface area contributed by atoms with Crippen LogP contribution in [-0.4, -0.2) is 47.3 Å². The molecule has 1 aromatic heterocycles. The second kappa shape index (κ2) is 10.2. The zero-order valence-electron chi connectivity index (χ0n) is 18.2. The fourth-order valence-corrected chi connectivity index (χ4v) is 3.89. The molecule has 3 aromatic rings. The number of nitrogens with zero attached hydrogens (tertiary/aromatic N) is 3. The number of amides is 1. The fraction of sp³-hybridized carbons (Fsp3) is 0.318. The number of rotatable bonds is 9. The summed E-state index contributed by atoms with van der Waals surface area (Å²) in [5.41, 5.74) is 1.57. The Bertz CT molecular complexity index is 1040. The second-order valence-corrected chi connectivity index (χ2v) is 7.91. The molecule has 31 heavy (non-hydrogen) atoms. The number of nitrogens with one attached hydrogen (secondary N) is 1. The van der Waals surface area contributed by atoms with Gasteiger partial charge >= 0.3 is 0 Å². The van der Waals surface area contributed by atoms with Crippen LogP contribution in [0, 0.1) is 0 Å². The minimum atomic E-state index is -0.366. The first-order chi connectivity index (χ1) is 15.0. The Morgan fingerprint density at radius 2 is 1.74 bits per heavy atom. The molecule has 0 saturated heterocycles. The molecule has 164 valence electrons. The van der Waals surface area contributed by atoms with Crippen LogP contribution < -0.4 is 19.5 Å². The number of methoxy groups -OCH3 is 3. The molecule has 0 aliphatic rings. The zero-order valence-corrected chi connectivity index (χ0v) is 19.0. The van der Waals surface area contributed by atoms with E-state index in [1.54, 1.807) is 45.6 Å². The van der Waals surface area contributed by atoms with Crippen molar-refractivity contribution in [2.75, 3.05) is 26.6 Å². The number of anilines is 1. The average molecular weight is 443 g/mol. The molecule has 1 heterocycles. The molecular weight excluding hydrogens is 416 g/mol. The van der Waals surface area contributed by atoms with Gasteiger partial charge in [0.15, 0.2) is 22.5 Å². The number of thioether (sulfide) groups is 1. The normalized spacial score (nSPS) is 11.6. The smallest absolute Gasteiger partial charge is 0.237 e. The summed E-state index contributed by atoms with van der Waals surface area (Å²) < 4.78 is 17.8. The summed E-state index contributed by atoms with van der Waals surface area (Å²) in [6.07, 6.45) is 0. The van der Waals surface area contributed by atoms with Crippen LogP contribution in [0.25, 0.3) is 11.4 Å². The Kier molecular flexibility index (Phi) is 7.41. The van der Waals surface area contributed by atoms with E-state index in [0.717, 1.165) is 11.3 Å². The SMILES string of the molecule is CCn1c(SC(C)C(=O)Nc2ccc(OC)cc2)nnc1-c1ccc(OC)c(OC)c1. The standard InChI is InChI=1S/C22H26N4O4S/c1-6-26-20(15-7-12-18(29-4)19(13-15)30-5)24-25-22(26)31-14(2)21(27)23-16-8-10-17(28-3)11-9-16/h7-14H,6H2,1-5H3,(H,23,27). The van der Waals surface area contributed by atoms with Crippen LogP contribution in [0.2, 0.25) is 0 Å². The van der Waals surface area contributed by atoms with Gasteiger partial charge in [0.1, 0.15) is 5.75 Å². The minimum absolute atomic E-state index is 0.117. The lowest BCUT2D eigenvalue weighted by atomic mass is 10.2. The molecule has 0 spiro atoms. The van der Waals surface area contributed by atoms with E-state index in [2.05, 4.69) is 15.5 Å². The van der Waals surface area contributed by atoms with Crippen molar-refractivity contribution in [1.82, 2.24) is 14.8 Å². The van der Waals surface area contributed by atoms with E-state index >= 15 is 0 Å². The van der Waals surface area contributed by atoms with E-state index in [0.29, 0.717) is 34.7 Å². The highest BCUT2D eigenvalue weighted by atomic mass is 32.2. The van der Waals surface area contributed by atoms with Crippen molar-refractivity contribution in [2.24, 2.45) is 0 Å². The Labute approximate surface area is 185 Å². The van der Waals surface area contributed by atoms with Gasteiger partial charge in [-0.25, -0.2) is 0 Å². The third-order valence-electron chi connectivity index (χ3n) is 4.68. The number of benzene rings is 2. The van der Waals surface area contributed by atoms with Gasteiger partial charge in [-0.1, -0.05) is 11.8 Å². The van der Waals surface area contributed by atoms with Crippen LogP contribution in [0.5, 0.6) is 17.2 Å². The molecule has 2 aromatic carbocycles. The summed E-state index contributed by atoms with van der Waals surface area (Å²) in [5.74, 6) is 2.58. The number of ether oxygens (including phenoxy) is 3. The number of hydrogen-bond acceptors (Lipinski definition) is 7. The topological polar surface area (TPSA) is 87.5 Å². The van der Waals surface area contributed by atoms with Gasteiger partial charge in [0.05, 0.1) is 26.6 Å². The molecule has 0 aliphatic heterocycles. The first-order valence-corrected chi connectivity index (χ1v) is 10.7. The Hall–Kier alpha value is -3.20. The van der Waals surface area contributed by atoms with Crippen molar-refractivity contribution in [3.05, 3.63) is 42.5 Å². The minimum Gasteiger partial charge on any atom is -0.497 e. The van der Waals surface area contributed by atoms with Crippen molar-refractivity contribution in [3.63, 3.8) is 0 Å². The maximum atomic E-state index is 12.7. The van der Waals surface area contributed by atoms with Crippen LogP contribution in [0.15, 0.2) is 47.6 Å². The van der Waals surface area contributed by atoms with Crippen LogP contribution in [0.3, 0.4) is 0 Å². The number of hydrogen-bond donors (Lipinski definition) is 1. The van der Waals surface area contributed by atoms with Crippen LogP contribution in [0.1, 0.15) is 13.8 Å². The lowest BCUT2D eigenvalue weighted by molar-refractivity contribution is -0.115. The summed E-state index contributed by atoms with van der Waals surface area (Å²) in [6.45, 7) is 4.51. The van der Waals surface area contributed by atoms with E-state index in [4.69, 9.17) is 14.2 Å². The van der Waals surface area contributed by atoms with Crippen LogP contribution in [-0.2, 0) is 11.3 Å². The first kappa shape index (κ1) is 22.5. The summed E-state index contributed by atoms with van der Waals surface area (Å²) in [4.78, 5) is 12.7. The molecule has 8 nitrogen and oxygen atoms in total. The lowest BCUT2D eigenvalue weighted by Gasteiger charge is -2.13. The Morgan fingerprint density at radius 1 is 1.03 bits per heavy atom. The highest BCUT2D eigenvalue weighted by Crippen LogP contribution is 2.33. The van der Waals surface area contributed by atoms with Crippen molar-refractivity contribution in [1.29, 1.82) is 0 Å². The number of carbonyl (C=O) groups is 1. The van der Waals surface area contributed by atoms with E-state index in [1.807, 2.05) is 36.6 Å². The summed E-state index contributed by atoms with van der Waals surface area (Å²) >= 11 is 1.36. The summed E-state index contributed by atoms with van der Waals surface area (Å²) in [5, 5.41) is 11.9. The molecule has 0 radical (unpaired) electrons. The molecule has 1 unspecified atom stereocenters. The van der Waals surface area contributed by atoms with Gasteiger partial charge in [-0.2, -0.15) is 0 Å². The Morgan fingerprint density at radius 3 is 2.35 bits per heavy atom. The van der Waals surface area contributed by atoms with Gasteiger partial charge in [0.25, 0.3) is 0 Å². The van der Waals surface area contributed by atoms with Gasteiger partial charge < -0.3 is 24.1 Å².